The Hall–Kier alpha value is -0.790. The maximum atomic E-state index is 10.4. The highest BCUT2D eigenvalue weighted by Gasteiger charge is 1.95. The molecule has 0 saturated carbocycles. The molecule has 0 aliphatic heterocycles. The minimum Gasteiger partial charge on any atom is -0.481 e. The van der Waals surface area contributed by atoms with Gasteiger partial charge in [0.25, 0.3) is 0 Å². The summed E-state index contributed by atoms with van der Waals surface area (Å²) in [6.45, 7) is 2.21. The molecule has 0 fully saturated rings. The van der Waals surface area contributed by atoms with Crippen LogP contribution in [0, 0.1) is 0 Å². The Morgan fingerprint density at radius 3 is 1.80 bits per heavy atom. The van der Waals surface area contributed by atoms with Gasteiger partial charge in [0, 0.05) is 6.42 Å². The van der Waals surface area contributed by atoms with Gasteiger partial charge in [0.1, 0.15) is 0 Å². The van der Waals surface area contributed by atoms with Crippen LogP contribution in [0.2, 0.25) is 0 Å². The highest BCUT2D eigenvalue weighted by atomic mass is 16.4. The second kappa shape index (κ2) is 16.3. The molecule has 0 rings (SSSR count). The van der Waals surface area contributed by atoms with E-state index in [2.05, 4.69) is 6.92 Å². The average Bonchev–Trinajstić information content (AvgIpc) is 2.49. The third kappa shape index (κ3) is 17.2. The van der Waals surface area contributed by atoms with Crippen LogP contribution in [0.15, 0.2) is 12.1 Å². The van der Waals surface area contributed by atoms with Gasteiger partial charge in [0.15, 0.2) is 0 Å². The van der Waals surface area contributed by atoms with Crippen molar-refractivity contribution in [3.63, 3.8) is 0 Å². The predicted molar refractivity (Wildman–Crippen MR) is 87.1 cm³/mol. The summed E-state index contributed by atoms with van der Waals surface area (Å²) < 4.78 is 15.8. The first-order chi connectivity index (χ1) is 10.6. The molecule has 1 N–H and O–H groups in total. The molecule has 118 valence electrons. The van der Waals surface area contributed by atoms with Crippen molar-refractivity contribution in [3.8, 4) is 0 Å². The fourth-order valence-electron chi connectivity index (χ4n) is 2.19. The quantitative estimate of drug-likeness (QED) is 0.291. The van der Waals surface area contributed by atoms with E-state index in [1.165, 1.54) is 32.1 Å². The molecule has 2 nitrogen and oxygen atoms in total. The summed E-state index contributed by atoms with van der Waals surface area (Å²) in [6, 6.07) is 1.01. The van der Waals surface area contributed by atoms with Gasteiger partial charge in [-0.2, -0.15) is 0 Å². The largest absolute Gasteiger partial charge is 0.481 e. The molecule has 0 bridgehead atoms. The summed E-state index contributed by atoms with van der Waals surface area (Å²) in [6.07, 6.45) is 13.8. The Kier molecular flexibility index (Phi) is 12.7. The SMILES string of the molecule is [3H]/C(CCCCCCCC)=C(/[3H])CCCCCCCC(=O)O. The molecular formula is C18H34O2. The molecule has 0 saturated heterocycles. The Balaban J connectivity index is 3.53. The van der Waals surface area contributed by atoms with Crippen molar-refractivity contribution in [3.05, 3.63) is 12.1 Å². The lowest BCUT2D eigenvalue weighted by atomic mass is 10.1. The molecule has 0 unspecified atom stereocenters. The number of carboxylic acids is 1. The number of allylic oxidation sites excluding steroid dienone is 2. The van der Waals surface area contributed by atoms with Crippen LogP contribution in [0.5, 0.6) is 0 Å². The lowest BCUT2D eigenvalue weighted by Crippen LogP contribution is -1.93. The van der Waals surface area contributed by atoms with Gasteiger partial charge in [-0.15, -0.1) is 0 Å². The first-order valence-electron chi connectivity index (χ1n) is 9.45. The molecule has 0 heterocycles. The molecule has 0 aromatic carbocycles. The van der Waals surface area contributed by atoms with Crippen molar-refractivity contribution in [1.29, 1.82) is 0 Å². The number of hydrogen-bond acceptors (Lipinski definition) is 1. The van der Waals surface area contributed by atoms with E-state index < -0.39 is 5.97 Å². The molecule has 2 heteroatoms. The zero-order valence-corrected chi connectivity index (χ0v) is 13.3. The van der Waals surface area contributed by atoms with E-state index in [4.69, 9.17) is 7.85 Å². The van der Waals surface area contributed by atoms with E-state index in [0.717, 1.165) is 44.9 Å². The molecule has 0 radical (unpaired) electrons. The standard InChI is InChI=1S/C18H34O2/c1-2-3-4-5-6-7-8-9-10-11-12-13-14-15-16-17-18(19)20/h9-10H,2-8,11-17H2,1H3,(H,19,20)/b10-9+/i9T,10T. The molecule has 0 aliphatic rings. The van der Waals surface area contributed by atoms with E-state index in [9.17, 15) is 4.79 Å². The number of carboxylic acid groups (broad SMARTS) is 1. The third-order valence-electron chi connectivity index (χ3n) is 3.47. The molecule has 0 aliphatic carbocycles. The first kappa shape index (κ1) is 15.6. The van der Waals surface area contributed by atoms with Crippen LogP contribution in [0.3, 0.4) is 0 Å². The normalized spacial score (nSPS) is 13.7. The zero-order chi connectivity index (χ0) is 16.6. The smallest absolute Gasteiger partial charge is 0.303 e. The maximum Gasteiger partial charge on any atom is 0.303 e. The van der Waals surface area contributed by atoms with Crippen molar-refractivity contribution in [2.75, 3.05) is 0 Å². The molecule has 0 aromatic rings. The lowest BCUT2D eigenvalue weighted by Gasteiger charge is -1.99. The van der Waals surface area contributed by atoms with Gasteiger partial charge < -0.3 is 5.11 Å². The average molecular weight is 286 g/mol. The third-order valence-corrected chi connectivity index (χ3v) is 3.47. The van der Waals surface area contributed by atoms with Gasteiger partial charge >= 0.3 is 5.97 Å². The number of aliphatic carboxylic acids is 1. The van der Waals surface area contributed by atoms with Gasteiger partial charge in [-0.05, 0) is 32.1 Å². The molecule has 0 spiro atoms. The molecule has 0 amide bonds. The summed E-state index contributed by atoms with van der Waals surface area (Å²) in [5.41, 5.74) is 0. The minimum atomic E-state index is -0.718. The lowest BCUT2D eigenvalue weighted by molar-refractivity contribution is -0.137. The van der Waals surface area contributed by atoms with Crippen LogP contribution in [-0.4, -0.2) is 11.1 Å². The molecule has 0 aromatic heterocycles. The van der Waals surface area contributed by atoms with Crippen LogP contribution in [0.1, 0.15) is 99.6 Å². The fraction of sp³-hybridized carbons (Fsp3) is 0.833. The Morgan fingerprint density at radius 2 is 1.30 bits per heavy atom. The summed E-state index contributed by atoms with van der Waals surface area (Å²) in [5, 5.41) is 8.53. The van der Waals surface area contributed by atoms with Gasteiger partial charge in [-0.3, -0.25) is 4.79 Å². The molecular weight excluding hydrogens is 248 g/mol. The van der Waals surface area contributed by atoms with E-state index in [0.29, 0.717) is 18.5 Å². The maximum absolute atomic E-state index is 10.4. The van der Waals surface area contributed by atoms with E-state index in [1.54, 1.807) is 0 Å². The Morgan fingerprint density at radius 1 is 0.850 bits per heavy atom. The number of carbonyl (C=O) groups is 1. The fourth-order valence-corrected chi connectivity index (χ4v) is 2.19. The van der Waals surface area contributed by atoms with Crippen LogP contribution in [0.4, 0.5) is 0 Å². The van der Waals surface area contributed by atoms with Gasteiger partial charge in [-0.25, -0.2) is 0 Å². The number of unbranched alkanes of at least 4 members (excludes halogenated alkanes) is 9. The van der Waals surface area contributed by atoms with E-state index in [1.807, 2.05) is 0 Å². The first-order valence-corrected chi connectivity index (χ1v) is 8.45. The summed E-state index contributed by atoms with van der Waals surface area (Å²) in [7, 11) is 0. The predicted octanol–water partition coefficient (Wildman–Crippen LogP) is 6.11. The van der Waals surface area contributed by atoms with Gasteiger partial charge in [-0.1, -0.05) is 70.4 Å². The van der Waals surface area contributed by atoms with Gasteiger partial charge in [0.05, 0.1) is 2.74 Å². The highest BCUT2D eigenvalue weighted by Crippen LogP contribution is 2.09. The van der Waals surface area contributed by atoms with E-state index >= 15 is 0 Å². The summed E-state index contributed by atoms with van der Waals surface area (Å²) in [5.74, 6) is -0.718. The Bertz CT molecular complexity index is 314. The minimum absolute atomic E-state index is 0.263. The Labute approximate surface area is 128 Å². The van der Waals surface area contributed by atoms with Crippen molar-refractivity contribution < 1.29 is 12.6 Å². The van der Waals surface area contributed by atoms with E-state index in [-0.39, 0.29) is 6.42 Å². The monoisotopic (exact) mass is 286 g/mol. The highest BCUT2D eigenvalue weighted by molar-refractivity contribution is 5.66. The second-order valence-corrected chi connectivity index (χ2v) is 5.53. The zero-order valence-electron chi connectivity index (χ0n) is 15.3. The molecule has 0 atom stereocenters. The number of rotatable bonds is 15. The molecule has 20 heavy (non-hydrogen) atoms. The van der Waals surface area contributed by atoms with Crippen molar-refractivity contribution in [2.24, 2.45) is 0 Å². The van der Waals surface area contributed by atoms with Gasteiger partial charge in [0.2, 0.25) is 0 Å². The van der Waals surface area contributed by atoms with Crippen molar-refractivity contribution in [1.82, 2.24) is 0 Å². The van der Waals surface area contributed by atoms with Crippen LogP contribution in [0.25, 0.3) is 0 Å². The number of hydrogen-bond donors (Lipinski definition) is 1. The van der Waals surface area contributed by atoms with Crippen LogP contribution in [-0.2, 0) is 4.79 Å². The van der Waals surface area contributed by atoms with Crippen molar-refractivity contribution in [2.45, 2.75) is 96.8 Å². The second-order valence-electron chi connectivity index (χ2n) is 5.53. The topological polar surface area (TPSA) is 37.3 Å². The summed E-state index contributed by atoms with van der Waals surface area (Å²) >= 11 is 0. The van der Waals surface area contributed by atoms with Crippen LogP contribution >= 0.6 is 0 Å². The van der Waals surface area contributed by atoms with Crippen molar-refractivity contribution >= 4 is 5.97 Å². The van der Waals surface area contributed by atoms with Crippen LogP contribution < -0.4 is 0 Å². The summed E-state index contributed by atoms with van der Waals surface area (Å²) in [4.78, 5) is 10.4.